The molecule has 3 aliphatic rings. The minimum absolute atomic E-state index is 0.241. The second kappa shape index (κ2) is 7.42. The van der Waals surface area contributed by atoms with Crippen molar-refractivity contribution in [2.75, 3.05) is 19.6 Å². The van der Waals surface area contributed by atoms with Gasteiger partial charge in [0.15, 0.2) is 0 Å². The molecule has 0 N–H and O–H groups in total. The van der Waals surface area contributed by atoms with E-state index in [1.54, 1.807) is 0 Å². The van der Waals surface area contributed by atoms with Crippen LogP contribution in [0.5, 0.6) is 0 Å². The summed E-state index contributed by atoms with van der Waals surface area (Å²) in [5.74, 6) is 0.607. The maximum Gasteiger partial charge on any atom is 0.226 e. The summed E-state index contributed by atoms with van der Waals surface area (Å²) in [6, 6.07) is 10.5. The third-order valence-corrected chi connectivity index (χ3v) is 6.84. The first kappa shape index (κ1) is 17.6. The molecule has 2 saturated heterocycles. The van der Waals surface area contributed by atoms with Crippen LogP contribution in [0.2, 0.25) is 0 Å². The van der Waals surface area contributed by atoms with Crippen LogP contribution in [0.3, 0.4) is 0 Å². The average Bonchev–Trinajstić information content (AvgIpc) is 3.20. The summed E-state index contributed by atoms with van der Waals surface area (Å²) in [5, 5.41) is 0. The molecule has 0 bridgehead atoms. The zero-order chi connectivity index (χ0) is 18.0. The number of hydrogen-bond acceptors (Lipinski definition) is 2. The van der Waals surface area contributed by atoms with Gasteiger partial charge in [0.2, 0.25) is 11.8 Å². The van der Waals surface area contributed by atoms with Crippen LogP contribution in [0.25, 0.3) is 0 Å². The van der Waals surface area contributed by atoms with Gasteiger partial charge in [-0.2, -0.15) is 0 Å². The predicted molar refractivity (Wildman–Crippen MR) is 102 cm³/mol. The zero-order valence-electron chi connectivity index (χ0n) is 15.7. The van der Waals surface area contributed by atoms with Crippen molar-refractivity contribution < 1.29 is 9.59 Å². The van der Waals surface area contributed by atoms with E-state index in [-0.39, 0.29) is 11.3 Å². The third-order valence-electron chi connectivity index (χ3n) is 6.84. The molecule has 1 saturated carbocycles. The standard InChI is InChI=1S/C22H30N2O2/c25-20-10-11-22(17-24(20)19-8-4-5-9-19)12-14-23(15-13-22)21(26)16-18-6-2-1-3-7-18/h1-3,6-7,19H,4-5,8-17H2. The highest BCUT2D eigenvalue weighted by atomic mass is 16.2. The highest BCUT2D eigenvalue weighted by molar-refractivity contribution is 5.79. The predicted octanol–water partition coefficient (Wildman–Crippen LogP) is 3.40. The number of likely N-dealkylation sites (tertiary alicyclic amines) is 2. The minimum Gasteiger partial charge on any atom is -0.342 e. The minimum atomic E-state index is 0.241. The van der Waals surface area contributed by atoms with Gasteiger partial charge in [0, 0.05) is 32.1 Å². The third kappa shape index (κ3) is 3.65. The van der Waals surface area contributed by atoms with Gasteiger partial charge in [0.1, 0.15) is 0 Å². The van der Waals surface area contributed by atoms with Crippen LogP contribution in [0.4, 0.5) is 0 Å². The Kier molecular flexibility index (Phi) is 5.01. The second-order valence-electron chi connectivity index (χ2n) is 8.50. The molecule has 1 aliphatic carbocycles. The number of hydrogen-bond donors (Lipinski definition) is 0. The number of amides is 2. The van der Waals surface area contributed by atoms with Crippen LogP contribution in [0.1, 0.15) is 56.9 Å². The first-order valence-corrected chi connectivity index (χ1v) is 10.3. The molecule has 0 aromatic heterocycles. The second-order valence-corrected chi connectivity index (χ2v) is 8.50. The Labute approximate surface area is 156 Å². The SMILES string of the molecule is O=C(Cc1ccccc1)N1CCC2(CCC(=O)N(C3CCCC3)C2)CC1. The highest BCUT2D eigenvalue weighted by Gasteiger charge is 2.43. The summed E-state index contributed by atoms with van der Waals surface area (Å²) in [7, 11) is 0. The van der Waals surface area contributed by atoms with E-state index in [1.807, 2.05) is 35.2 Å². The van der Waals surface area contributed by atoms with Gasteiger partial charge in [-0.05, 0) is 43.1 Å². The van der Waals surface area contributed by atoms with Crippen LogP contribution in [0, 0.1) is 5.41 Å². The molecule has 4 rings (SSSR count). The van der Waals surface area contributed by atoms with Crippen molar-refractivity contribution in [2.24, 2.45) is 5.41 Å². The van der Waals surface area contributed by atoms with Crippen molar-refractivity contribution in [1.82, 2.24) is 9.80 Å². The molecule has 2 heterocycles. The Balaban J connectivity index is 1.35. The van der Waals surface area contributed by atoms with Crippen LogP contribution in [-0.2, 0) is 16.0 Å². The van der Waals surface area contributed by atoms with E-state index in [4.69, 9.17) is 0 Å². The largest absolute Gasteiger partial charge is 0.342 e. The number of carbonyl (C=O) groups excluding carboxylic acids is 2. The Morgan fingerprint density at radius 3 is 2.42 bits per heavy atom. The lowest BCUT2D eigenvalue weighted by Gasteiger charge is -2.49. The van der Waals surface area contributed by atoms with Gasteiger partial charge in [0.05, 0.1) is 6.42 Å². The molecular formula is C22H30N2O2. The molecule has 140 valence electrons. The Bertz CT molecular complexity index is 643. The van der Waals surface area contributed by atoms with Gasteiger partial charge in [0.25, 0.3) is 0 Å². The number of benzene rings is 1. The highest BCUT2D eigenvalue weighted by Crippen LogP contribution is 2.42. The van der Waals surface area contributed by atoms with Gasteiger partial charge >= 0.3 is 0 Å². The van der Waals surface area contributed by atoms with Crippen molar-refractivity contribution in [3.05, 3.63) is 35.9 Å². The molecule has 0 atom stereocenters. The topological polar surface area (TPSA) is 40.6 Å². The fourth-order valence-electron chi connectivity index (χ4n) is 5.11. The van der Waals surface area contributed by atoms with Crippen LogP contribution in [0.15, 0.2) is 30.3 Å². The van der Waals surface area contributed by atoms with E-state index in [9.17, 15) is 9.59 Å². The Morgan fingerprint density at radius 2 is 1.73 bits per heavy atom. The van der Waals surface area contributed by atoms with E-state index >= 15 is 0 Å². The van der Waals surface area contributed by atoms with Crippen LogP contribution in [-0.4, -0.2) is 47.3 Å². The lowest BCUT2D eigenvalue weighted by molar-refractivity contribution is -0.144. The van der Waals surface area contributed by atoms with Crippen molar-refractivity contribution in [2.45, 2.75) is 63.8 Å². The van der Waals surface area contributed by atoms with Crippen molar-refractivity contribution in [1.29, 1.82) is 0 Å². The fourth-order valence-corrected chi connectivity index (χ4v) is 5.11. The van der Waals surface area contributed by atoms with Crippen molar-refractivity contribution in [3.8, 4) is 0 Å². The van der Waals surface area contributed by atoms with Gasteiger partial charge in [-0.1, -0.05) is 43.2 Å². The first-order chi connectivity index (χ1) is 12.7. The normalized spacial score (nSPS) is 23.6. The summed E-state index contributed by atoms with van der Waals surface area (Å²) in [6.45, 7) is 2.62. The maximum atomic E-state index is 12.6. The fraction of sp³-hybridized carbons (Fsp3) is 0.636. The molecule has 0 unspecified atom stereocenters. The lowest BCUT2D eigenvalue weighted by atomic mass is 9.72. The van der Waals surface area contributed by atoms with Gasteiger partial charge in [-0.25, -0.2) is 0 Å². The van der Waals surface area contributed by atoms with E-state index < -0.39 is 0 Å². The summed E-state index contributed by atoms with van der Waals surface area (Å²) < 4.78 is 0. The molecule has 26 heavy (non-hydrogen) atoms. The summed E-state index contributed by atoms with van der Waals surface area (Å²) >= 11 is 0. The van der Waals surface area contributed by atoms with Gasteiger partial charge in [-0.15, -0.1) is 0 Å². The van der Waals surface area contributed by atoms with E-state index in [2.05, 4.69) is 4.90 Å². The van der Waals surface area contributed by atoms with Crippen LogP contribution >= 0.6 is 0 Å². The van der Waals surface area contributed by atoms with E-state index in [1.165, 1.54) is 25.7 Å². The maximum absolute atomic E-state index is 12.6. The molecule has 3 fully saturated rings. The molecule has 4 heteroatoms. The van der Waals surface area contributed by atoms with Gasteiger partial charge < -0.3 is 9.80 Å². The number of nitrogens with zero attached hydrogens (tertiary/aromatic N) is 2. The Hall–Kier alpha value is -1.84. The van der Waals surface area contributed by atoms with E-state index in [0.717, 1.165) is 44.5 Å². The van der Waals surface area contributed by atoms with Crippen molar-refractivity contribution >= 4 is 11.8 Å². The average molecular weight is 354 g/mol. The molecule has 0 radical (unpaired) electrons. The molecule has 1 aromatic rings. The molecule has 2 amide bonds. The number of piperidine rings is 2. The summed E-state index contributed by atoms with van der Waals surface area (Å²) in [6.07, 6.45) is 9.21. The van der Waals surface area contributed by atoms with Crippen molar-refractivity contribution in [3.63, 3.8) is 0 Å². The summed E-state index contributed by atoms with van der Waals surface area (Å²) in [5.41, 5.74) is 1.34. The smallest absolute Gasteiger partial charge is 0.226 e. The number of carbonyl (C=O) groups is 2. The molecule has 1 aromatic carbocycles. The molecule has 4 nitrogen and oxygen atoms in total. The monoisotopic (exact) mass is 354 g/mol. The molecule has 2 aliphatic heterocycles. The number of rotatable bonds is 3. The quantitative estimate of drug-likeness (QED) is 0.835. The first-order valence-electron chi connectivity index (χ1n) is 10.3. The van der Waals surface area contributed by atoms with Crippen LogP contribution < -0.4 is 0 Å². The zero-order valence-corrected chi connectivity index (χ0v) is 15.7. The molecular weight excluding hydrogens is 324 g/mol. The summed E-state index contributed by atoms with van der Waals surface area (Å²) in [4.78, 5) is 29.3. The lowest BCUT2D eigenvalue weighted by Crippen LogP contribution is -2.54. The van der Waals surface area contributed by atoms with E-state index in [0.29, 0.717) is 24.8 Å². The Morgan fingerprint density at radius 1 is 1.04 bits per heavy atom. The molecule has 1 spiro atoms. The van der Waals surface area contributed by atoms with Gasteiger partial charge in [-0.3, -0.25) is 9.59 Å².